The van der Waals surface area contributed by atoms with E-state index in [1.165, 1.54) is 0 Å². The van der Waals surface area contributed by atoms with Crippen LogP contribution in [-0.4, -0.2) is 61.0 Å². The van der Waals surface area contributed by atoms with Gasteiger partial charge in [0, 0.05) is 31.8 Å². The number of hydrogen-bond donors (Lipinski definition) is 1. The molecule has 1 N–H and O–H groups in total. The van der Waals surface area contributed by atoms with Crippen LogP contribution in [0.2, 0.25) is 0 Å². The Morgan fingerprint density at radius 3 is 2.50 bits per heavy atom. The number of benzene rings is 2. The Kier molecular flexibility index (Phi) is 7.20. The molecule has 3 heterocycles. The molecule has 38 heavy (non-hydrogen) atoms. The molecule has 2 aromatic carbocycles. The number of fused-ring (bicyclic) bond motifs is 1. The molecule has 1 amide bonds. The molecule has 9 nitrogen and oxygen atoms in total. The summed E-state index contributed by atoms with van der Waals surface area (Å²) < 4.78 is 18.4. The highest BCUT2D eigenvalue weighted by Crippen LogP contribution is 2.36. The van der Waals surface area contributed by atoms with E-state index < -0.39 is 6.10 Å². The third-order valence-electron chi connectivity index (χ3n) is 6.97. The van der Waals surface area contributed by atoms with Gasteiger partial charge in [-0.2, -0.15) is 5.10 Å². The summed E-state index contributed by atoms with van der Waals surface area (Å²) in [5.74, 6) is 1.19. The Labute approximate surface area is 222 Å². The number of anilines is 1. The zero-order valence-electron chi connectivity index (χ0n) is 22.4. The number of nitrogens with one attached hydrogen (secondary N) is 1. The van der Waals surface area contributed by atoms with Crippen molar-refractivity contribution in [1.29, 1.82) is 0 Å². The zero-order chi connectivity index (χ0) is 26.8. The molecule has 1 saturated heterocycles. The number of carbonyl (C=O) groups excluding carboxylic acids is 1. The van der Waals surface area contributed by atoms with Gasteiger partial charge in [0.1, 0.15) is 0 Å². The van der Waals surface area contributed by atoms with E-state index in [9.17, 15) is 4.79 Å². The third-order valence-corrected chi connectivity index (χ3v) is 6.97. The Morgan fingerprint density at radius 2 is 1.79 bits per heavy atom. The number of nitrogens with zero attached hydrogens (tertiary/aromatic N) is 4. The molecule has 1 fully saturated rings. The van der Waals surface area contributed by atoms with E-state index in [0.717, 1.165) is 52.5 Å². The lowest BCUT2D eigenvalue weighted by Crippen LogP contribution is -2.40. The summed E-state index contributed by atoms with van der Waals surface area (Å²) >= 11 is 0. The molecule has 0 radical (unpaired) electrons. The maximum absolute atomic E-state index is 13.0. The van der Waals surface area contributed by atoms with Crippen molar-refractivity contribution in [3.8, 4) is 22.8 Å². The number of ether oxygens (including phenoxy) is 3. The first-order valence-electron chi connectivity index (χ1n) is 12.7. The summed E-state index contributed by atoms with van der Waals surface area (Å²) in [5.41, 5.74) is 6.20. The molecular formula is C29H33N5O4. The Hall–Kier alpha value is -4.11. The standard InChI is InChI=1S/C29H33N5O4/c1-18-15-23(33-14-13-22(17-33)31-29(35)27(38-5)20-9-7-6-8-10-20)28-30-19(2)26(34(28)32-18)21-11-12-24(36-3)25(16-21)37-4/h6-12,15-16,22,27H,13-14,17H2,1-5H3,(H,31,35)/t22-,27+/m1/s1. The minimum Gasteiger partial charge on any atom is -0.493 e. The van der Waals surface area contributed by atoms with Gasteiger partial charge in [-0.05, 0) is 50.1 Å². The van der Waals surface area contributed by atoms with Gasteiger partial charge >= 0.3 is 0 Å². The highest BCUT2D eigenvalue weighted by molar-refractivity contribution is 5.83. The van der Waals surface area contributed by atoms with E-state index >= 15 is 0 Å². The molecule has 2 atom stereocenters. The summed E-state index contributed by atoms with van der Waals surface area (Å²) in [7, 11) is 4.81. The predicted octanol–water partition coefficient (Wildman–Crippen LogP) is 4.11. The maximum atomic E-state index is 13.0. The fraction of sp³-hybridized carbons (Fsp3) is 0.345. The molecule has 5 rings (SSSR count). The van der Waals surface area contributed by atoms with Gasteiger partial charge in [0.2, 0.25) is 0 Å². The average Bonchev–Trinajstić information content (AvgIpc) is 3.52. The van der Waals surface area contributed by atoms with Gasteiger partial charge in [0.05, 0.1) is 37.0 Å². The lowest BCUT2D eigenvalue weighted by atomic mass is 10.1. The molecule has 2 aromatic heterocycles. The van der Waals surface area contributed by atoms with Crippen LogP contribution in [0.5, 0.6) is 11.5 Å². The number of hydrogen-bond acceptors (Lipinski definition) is 7. The van der Waals surface area contributed by atoms with E-state index in [2.05, 4.69) is 16.3 Å². The summed E-state index contributed by atoms with van der Waals surface area (Å²) in [5, 5.41) is 7.99. The van der Waals surface area contributed by atoms with Crippen LogP contribution in [0.1, 0.15) is 29.5 Å². The topological polar surface area (TPSA) is 90.2 Å². The van der Waals surface area contributed by atoms with Crippen molar-refractivity contribution in [2.45, 2.75) is 32.4 Å². The second-order valence-corrected chi connectivity index (χ2v) is 9.49. The number of methoxy groups -OCH3 is 3. The lowest BCUT2D eigenvalue weighted by Gasteiger charge is -2.22. The second-order valence-electron chi connectivity index (χ2n) is 9.49. The number of carbonyl (C=O) groups is 1. The van der Waals surface area contributed by atoms with Crippen molar-refractivity contribution in [3.63, 3.8) is 0 Å². The first kappa shape index (κ1) is 25.5. The molecule has 198 valence electrons. The molecule has 0 saturated carbocycles. The van der Waals surface area contributed by atoms with E-state index in [0.29, 0.717) is 18.0 Å². The normalized spacial score (nSPS) is 16.0. The molecule has 0 aliphatic carbocycles. The van der Waals surface area contributed by atoms with Crippen LogP contribution in [0.25, 0.3) is 16.9 Å². The van der Waals surface area contributed by atoms with Crippen LogP contribution in [-0.2, 0) is 9.53 Å². The fourth-order valence-electron chi connectivity index (χ4n) is 5.17. The quantitative estimate of drug-likeness (QED) is 0.378. The van der Waals surface area contributed by atoms with Crippen molar-refractivity contribution in [2.24, 2.45) is 0 Å². The van der Waals surface area contributed by atoms with Crippen molar-refractivity contribution < 1.29 is 19.0 Å². The molecule has 4 aromatic rings. The molecule has 1 aliphatic heterocycles. The molecule has 9 heteroatoms. The van der Waals surface area contributed by atoms with Crippen LogP contribution >= 0.6 is 0 Å². The van der Waals surface area contributed by atoms with Crippen molar-refractivity contribution in [1.82, 2.24) is 19.9 Å². The summed E-state index contributed by atoms with van der Waals surface area (Å²) in [6, 6.07) is 17.4. The predicted molar refractivity (Wildman–Crippen MR) is 146 cm³/mol. The first-order valence-corrected chi connectivity index (χ1v) is 12.7. The van der Waals surface area contributed by atoms with E-state index in [-0.39, 0.29) is 11.9 Å². The maximum Gasteiger partial charge on any atom is 0.254 e. The summed E-state index contributed by atoms with van der Waals surface area (Å²) in [6.07, 6.45) is 0.186. The second kappa shape index (κ2) is 10.7. The van der Waals surface area contributed by atoms with Gasteiger partial charge in [-0.15, -0.1) is 0 Å². The van der Waals surface area contributed by atoms with E-state index in [4.69, 9.17) is 24.3 Å². The van der Waals surface area contributed by atoms with Gasteiger partial charge in [0.15, 0.2) is 23.3 Å². The highest BCUT2D eigenvalue weighted by atomic mass is 16.5. The smallest absolute Gasteiger partial charge is 0.254 e. The third kappa shape index (κ3) is 4.77. The molecule has 1 aliphatic rings. The average molecular weight is 516 g/mol. The number of imidazole rings is 1. The lowest BCUT2D eigenvalue weighted by molar-refractivity contribution is -0.132. The molecule has 0 bridgehead atoms. The fourth-order valence-corrected chi connectivity index (χ4v) is 5.17. The summed E-state index contributed by atoms with van der Waals surface area (Å²) in [6.45, 7) is 5.44. The largest absolute Gasteiger partial charge is 0.493 e. The highest BCUT2D eigenvalue weighted by Gasteiger charge is 2.30. The van der Waals surface area contributed by atoms with Gasteiger partial charge in [0.25, 0.3) is 5.91 Å². The van der Waals surface area contributed by atoms with Gasteiger partial charge < -0.3 is 24.4 Å². The monoisotopic (exact) mass is 515 g/mol. The SMILES string of the molecule is COc1ccc(-c2c(C)nc3c(N4CC[C@@H](NC(=O)[C@@H](OC)c5ccccc5)C4)cc(C)nn23)cc1OC. The van der Waals surface area contributed by atoms with Gasteiger partial charge in [-0.3, -0.25) is 4.79 Å². The van der Waals surface area contributed by atoms with Crippen molar-refractivity contribution in [2.75, 3.05) is 39.3 Å². The number of rotatable bonds is 8. The Morgan fingerprint density at radius 1 is 1.03 bits per heavy atom. The number of aromatic nitrogens is 3. The zero-order valence-corrected chi connectivity index (χ0v) is 22.4. The number of amides is 1. The van der Waals surface area contributed by atoms with Gasteiger partial charge in [-0.25, -0.2) is 9.50 Å². The molecule has 0 unspecified atom stereocenters. The van der Waals surface area contributed by atoms with Crippen molar-refractivity contribution >= 4 is 17.2 Å². The van der Waals surface area contributed by atoms with E-state index in [1.807, 2.05) is 66.9 Å². The van der Waals surface area contributed by atoms with Gasteiger partial charge in [-0.1, -0.05) is 30.3 Å². The molecular weight excluding hydrogens is 482 g/mol. The van der Waals surface area contributed by atoms with Crippen LogP contribution in [0.15, 0.2) is 54.6 Å². The Balaban J connectivity index is 1.41. The first-order chi connectivity index (χ1) is 18.4. The van der Waals surface area contributed by atoms with Crippen LogP contribution in [0, 0.1) is 13.8 Å². The Bertz CT molecular complexity index is 1450. The van der Waals surface area contributed by atoms with Crippen LogP contribution in [0.3, 0.4) is 0 Å². The van der Waals surface area contributed by atoms with E-state index in [1.54, 1.807) is 21.3 Å². The van der Waals surface area contributed by atoms with Crippen molar-refractivity contribution in [3.05, 3.63) is 71.5 Å². The minimum atomic E-state index is -0.640. The summed E-state index contributed by atoms with van der Waals surface area (Å²) in [4.78, 5) is 20.2. The molecule has 0 spiro atoms. The van der Waals surface area contributed by atoms with Crippen LogP contribution < -0.4 is 19.7 Å². The minimum absolute atomic E-state index is 0.00115. The van der Waals surface area contributed by atoms with Crippen LogP contribution in [0.4, 0.5) is 5.69 Å². The number of aryl methyl sites for hydroxylation is 2.